The number of rotatable bonds is 3. The molecule has 0 aliphatic carbocycles. The van der Waals surface area contributed by atoms with Crippen molar-refractivity contribution in [3.63, 3.8) is 0 Å². The summed E-state index contributed by atoms with van der Waals surface area (Å²) < 4.78 is 27.4. The van der Waals surface area contributed by atoms with E-state index >= 15 is 0 Å². The van der Waals surface area contributed by atoms with Gasteiger partial charge in [-0.15, -0.1) is 0 Å². The number of nitrogens with zero attached hydrogens (tertiary/aromatic N) is 1. The van der Waals surface area contributed by atoms with Crippen molar-refractivity contribution in [2.45, 2.75) is 18.7 Å². The van der Waals surface area contributed by atoms with E-state index in [0.717, 1.165) is 22.0 Å². The fraction of sp³-hybridized carbons (Fsp3) is 0.133. The lowest BCUT2D eigenvalue weighted by Crippen LogP contribution is -2.13. The summed E-state index contributed by atoms with van der Waals surface area (Å²) in [6.45, 7) is 4.00. The molecular weight excluding hydrogens is 286 g/mol. The number of pyridine rings is 1. The van der Waals surface area contributed by atoms with Gasteiger partial charge in [0.2, 0.25) is 0 Å². The summed E-state index contributed by atoms with van der Waals surface area (Å²) in [5, 5.41) is 1.05. The Morgan fingerprint density at radius 2 is 1.76 bits per heavy atom. The molecular formula is C15H15N3O2S. The predicted octanol–water partition coefficient (Wildman–Crippen LogP) is 2.98. The van der Waals surface area contributed by atoms with E-state index in [1.54, 1.807) is 6.07 Å². The zero-order chi connectivity index (χ0) is 15.0. The van der Waals surface area contributed by atoms with Gasteiger partial charge in [-0.05, 0) is 43.2 Å². The van der Waals surface area contributed by atoms with Gasteiger partial charge in [-0.3, -0.25) is 9.71 Å². The second kappa shape index (κ2) is 4.89. The van der Waals surface area contributed by atoms with E-state index in [1.165, 1.54) is 24.5 Å². The van der Waals surface area contributed by atoms with Crippen molar-refractivity contribution in [1.29, 1.82) is 0 Å². The molecule has 1 aromatic carbocycles. The number of anilines is 1. The molecule has 108 valence electrons. The first-order valence-corrected chi connectivity index (χ1v) is 7.97. The third-order valence-electron chi connectivity index (χ3n) is 3.45. The summed E-state index contributed by atoms with van der Waals surface area (Å²) in [5.41, 5.74) is 3.54. The maximum atomic E-state index is 12.4. The van der Waals surface area contributed by atoms with E-state index in [1.807, 2.05) is 26.1 Å². The standard InChI is InChI=1S/C15H15N3O2S/c1-10-3-4-13(15-14(10)11(2)9-17-15)18-21(19,20)12-5-7-16-8-6-12/h3-9,17-18H,1-2H3. The maximum absolute atomic E-state index is 12.4. The van der Waals surface area contributed by atoms with Gasteiger partial charge in [0.25, 0.3) is 10.0 Å². The zero-order valence-electron chi connectivity index (χ0n) is 11.7. The zero-order valence-corrected chi connectivity index (χ0v) is 12.5. The van der Waals surface area contributed by atoms with Crippen LogP contribution in [-0.2, 0) is 10.0 Å². The number of fused-ring (bicyclic) bond motifs is 1. The van der Waals surface area contributed by atoms with Gasteiger partial charge in [0.15, 0.2) is 0 Å². The predicted molar refractivity (Wildman–Crippen MR) is 82.8 cm³/mol. The van der Waals surface area contributed by atoms with Gasteiger partial charge >= 0.3 is 0 Å². The molecule has 2 heterocycles. The number of aromatic nitrogens is 2. The molecule has 0 radical (unpaired) electrons. The molecule has 0 aliphatic rings. The number of nitrogens with one attached hydrogen (secondary N) is 2. The van der Waals surface area contributed by atoms with Crippen LogP contribution in [0.4, 0.5) is 5.69 Å². The Morgan fingerprint density at radius 1 is 1.05 bits per heavy atom. The average Bonchev–Trinajstić information content (AvgIpc) is 2.86. The van der Waals surface area contributed by atoms with Crippen LogP contribution in [0.15, 0.2) is 47.8 Å². The maximum Gasteiger partial charge on any atom is 0.262 e. The largest absolute Gasteiger partial charge is 0.359 e. The first-order chi connectivity index (χ1) is 9.99. The van der Waals surface area contributed by atoms with Gasteiger partial charge in [0.1, 0.15) is 0 Å². The Kier molecular flexibility index (Phi) is 3.17. The highest BCUT2D eigenvalue weighted by molar-refractivity contribution is 7.92. The first-order valence-electron chi connectivity index (χ1n) is 6.49. The van der Waals surface area contributed by atoms with Crippen molar-refractivity contribution in [2.24, 2.45) is 0 Å². The number of hydrogen-bond donors (Lipinski definition) is 2. The Morgan fingerprint density at radius 3 is 2.48 bits per heavy atom. The number of aryl methyl sites for hydroxylation is 2. The van der Waals surface area contributed by atoms with E-state index in [2.05, 4.69) is 14.7 Å². The summed E-state index contributed by atoms with van der Waals surface area (Å²) in [5.74, 6) is 0. The van der Waals surface area contributed by atoms with Crippen LogP contribution in [0, 0.1) is 13.8 Å². The topological polar surface area (TPSA) is 74.8 Å². The summed E-state index contributed by atoms with van der Waals surface area (Å²) in [6, 6.07) is 6.61. The van der Waals surface area contributed by atoms with Crippen molar-refractivity contribution in [3.05, 3.63) is 54.0 Å². The second-order valence-corrected chi connectivity index (χ2v) is 6.62. The van der Waals surface area contributed by atoms with Gasteiger partial charge in [-0.2, -0.15) is 0 Å². The van der Waals surface area contributed by atoms with Crippen LogP contribution in [0.5, 0.6) is 0 Å². The van der Waals surface area contributed by atoms with Gasteiger partial charge in [-0.1, -0.05) is 6.07 Å². The summed E-state index contributed by atoms with van der Waals surface area (Å²) >= 11 is 0. The van der Waals surface area contributed by atoms with Gasteiger partial charge < -0.3 is 4.98 Å². The molecule has 0 unspecified atom stereocenters. The van der Waals surface area contributed by atoms with Crippen LogP contribution in [0.1, 0.15) is 11.1 Å². The number of H-pyrrole nitrogens is 1. The number of sulfonamides is 1. The van der Waals surface area contributed by atoms with E-state index in [-0.39, 0.29) is 4.90 Å². The lowest BCUT2D eigenvalue weighted by molar-refractivity contribution is 0.601. The van der Waals surface area contributed by atoms with Crippen LogP contribution >= 0.6 is 0 Å². The molecule has 3 rings (SSSR count). The summed E-state index contributed by atoms with van der Waals surface area (Å²) in [6.07, 6.45) is 4.79. The Labute approximate surface area is 123 Å². The lowest BCUT2D eigenvalue weighted by atomic mass is 10.1. The summed E-state index contributed by atoms with van der Waals surface area (Å²) in [7, 11) is -3.62. The number of benzene rings is 1. The van der Waals surface area contributed by atoms with Crippen LogP contribution in [-0.4, -0.2) is 18.4 Å². The molecule has 0 aliphatic heterocycles. The number of aromatic amines is 1. The molecule has 6 heteroatoms. The van der Waals surface area contributed by atoms with Gasteiger partial charge in [0.05, 0.1) is 16.1 Å². The minimum atomic E-state index is -3.62. The van der Waals surface area contributed by atoms with Crippen LogP contribution in [0.2, 0.25) is 0 Å². The molecule has 0 saturated carbocycles. The third-order valence-corrected chi connectivity index (χ3v) is 4.83. The van der Waals surface area contributed by atoms with Crippen molar-refractivity contribution >= 4 is 26.6 Å². The highest BCUT2D eigenvalue weighted by Gasteiger charge is 2.16. The smallest absolute Gasteiger partial charge is 0.262 e. The van der Waals surface area contributed by atoms with Gasteiger partial charge in [0, 0.05) is 24.0 Å². The van der Waals surface area contributed by atoms with E-state index in [9.17, 15) is 8.42 Å². The van der Waals surface area contributed by atoms with Crippen LogP contribution in [0.3, 0.4) is 0 Å². The highest BCUT2D eigenvalue weighted by atomic mass is 32.2. The fourth-order valence-corrected chi connectivity index (χ4v) is 3.48. The van der Waals surface area contributed by atoms with Crippen LogP contribution in [0.25, 0.3) is 10.9 Å². The van der Waals surface area contributed by atoms with E-state index < -0.39 is 10.0 Å². The van der Waals surface area contributed by atoms with Crippen molar-refractivity contribution < 1.29 is 8.42 Å². The fourth-order valence-electron chi connectivity index (χ4n) is 2.42. The molecule has 0 bridgehead atoms. The first kappa shape index (κ1) is 13.6. The molecule has 0 fully saturated rings. The third kappa shape index (κ3) is 2.38. The van der Waals surface area contributed by atoms with E-state index in [4.69, 9.17) is 0 Å². The molecule has 0 atom stereocenters. The molecule has 0 saturated heterocycles. The van der Waals surface area contributed by atoms with Gasteiger partial charge in [-0.25, -0.2) is 8.42 Å². The molecule has 3 aromatic rings. The second-order valence-electron chi connectivity index (χ2n) is 4.94. The minimum Gasteiger partial charge on any atom is -0.359 e. The Balaban J connectivity index is 2.09. The summed E-state index contributed by atoms with van der Waals surface area (Å²) in [4.78, 5) is 7.15. The van der Waals surface area contributed by atoms with Crippen molar-refractivity contribution in [3.8, 4) is 0 Å². The van der Waals surface area contributed by atoms with Crippen molar-refractivity contribution in [1.82, 2.24) is 9.97 Å². The minimum absolute atomic E-state index is 0.189. The van der Waals surface area contributed by atoms with E-state index in [0.29, 0.717) is 5.69 Å². The molecule has 0 amide bonds. The Hall–Kier alpha value is -2.34. The SMILES string of the molecule is Cc1ccc(NS(=O)(=O)c2ccncc2)c2[nH]cc(C)c12. The van der Waals surface area contributed by atoms with Crippen molar-refractivity contribution in [2.75, 3.05) is 4.72 Å². The van der Waals surface area contributed by atoms with Crippen LogP contribution < -0.4 is 4.72 Å². The molecule has 21 heavy (non-hydrogen) atoms. The molecule has 0 spiro atoms. The quantitative estimate of drug-likeness (QED) is 0.781. The lowest BCUT2D eigenvalue weighted by Gasteiger charge is -2.10. The normalized spacial score (nSPS) is 11.7. The monoisotopic (exact) mass is 301 g/mol. The average molecular weight is 301 g/mol. The molecule has 5 nitrogen and oxygen atoms in total. The number of hydrogen-bond acceptors (Lipinski definition) is 3. The molecule has 2 aromatic heterocycles. The molecule has 2 N–H and O–H groups in total. The highest BCUT2D eigenvalue weighted by Crippen LogP contribution is 2.29. The Bertz CT molecular complexity index is 899.